The summed E-state index contributed by atoms with van der Waals surface area (Å²) in [6.07, 6.45) is 4.04. The summed E-state index contributed by atoms with van der Waals surface area (Å²) >= 11 is 0. The maximum atomic E-state index is 11.9. The first kappa shape index (κ1) is 12.2. The number of aromatic amines is 1. The second-order valence-electron chi connectivity index (χ2n) is 5.20. The number of pyridine rings is 1. The van der Waals surface area contributed by atoms with Crippen molar-refractivity contribution in [1.82, 2.24) is 10.3 Å². The minimum absolute atomic E-state index is 0.0189. The molecule has 0 unspecified atom stereocenters. The van der Waals surface area contributed by atoms with Crippen molar-refractivity contribution in [1.29, 1.82) is 0 Å². The number of hydrogen-bond donors (Lipinski definition) is 3. The molecule has 1 aromatic heterocycles. The average Bonchev–Trinajstić information content (AvgIpc) is 2.44. The summed E-state index contributed by atoms with van der Waals surface area (Å²) in [6, 6.07) is 6.39. The Morgan fingerprint density at radius 1 is 1.26 bits per heavy atom. The predicted molar refractivity (Wildman–Crippen MR) is 78.8 cm³/mol. The van der Waals surface area contributed by atoms with E-state index < -0.39 is 0 Å². The van der Waals surface area contributed by atoms with Gasteiger partial charge in [-0.3, -0.25) is 4.79 Å². The van der Waals surface area contributed by atoms with Gasteiger partial charge in [-0.1, -0.05) is 6.07 Å². The number of H-pyrrole nitrogens is 1. The summed E-state index contributed by atoms with van der Waals surface area (Å²) in [7, 11) is 0. The maximum absolute atomic E-state index is 11.9. The average molecular weight is 257 g/mol. The Morgan fingerprint density at radius 3 is 2.84 bits per heavy atom. The van der Waals surface area contributed by atoms with Crippen LogP contribution in [0.2, 0.25) is 0 Å². The molecule has 1 aromatic carbocycles. The fraction of sp³-hybridized carbons (Fsp3) is 0.400. The van der Waals surface area contributed by atoms with E-state index in [0.717, 1.165) is 48.0 Å². The molecule has 0 bridgehead atoms. The first-order valence-corrected chi connectivity index (χ1v) is 6.84. The van der Waals surface area contributed by atoms with Crippen molar-refractivity contribution in [3.8, 4) is 0 Å². The highest BCUT2D eigenvalue weighted by atomic mass is 16.1. The van der Waals surface area contributed by atoms with Crippen molar-refractivity contribution in [3.05, 3.63) is 40.3 Å². The highest BCUT2D eigenvalue weighted by molar-refractivity contribution is 5.95. The molecule has 3 N–H and O–H groups in total. The predicted octanol–water partition coefficient (Wildman–Crippen LogP) is 2.00. The number of benzene rings is 1. The molecule has 100 valence electrons. The summed E-state index contributed by atoms with van der Waals surface area (Å²) < 4.78 is 0. The lowest BCUT2D eigenvalue weighted by Gasteiger charge is -2.25. The lowest BCUT2D eigenvalue weighted by Crippen LogP contribution is -2.35. The minimum atomic E-state index is -0.0189. The molecule has 1 fully saturated rings. The van der Waals surface area contributed by atoms with Gasteiger partial charge in [0.05, 0.1) is 0 Å². The number of piperidine rings is 1. The summed E-state index contributed by atoms with van der Waals surface area (Å²) in [4.78, 5) is 14.7. The van der Waals surface area contributed by atoms with Crippen LogP contribution in [0.4, 0.5) is 5.69 Å². The molecule has 0 saturated carbocycles. The Hall–Kier alpha value is -1.81. The van der Waals surface area contributed by atoms with Gasteiger partial charge >= 0.3 is 0 Å². The standard InChI is InChI=1S/C15H19N3O/c1-10-9-17-15(19)12-3-2-4-13(14(10)12)18-11-5-7-16-8-6-11/h2-4,9,11,16,18H,5-8H2,1H3,(H,17,19). The quantitative estimate of drug-likeness (QED) is 0.771. The van der Waals surface area contributed by atoms with Crippen LogP contribution in [0, 0.1) is 6.92 Å². The minimum Gasteiger partial charge on any atom is -0.382 e. The molecule has 3 rings (SSSR count). The van der Waals surface area contributed by atoms with E-state index in [1.54, 1.807) is 6.20 Å². The topological polar surface area (TPSA) is 56.9 Å². The lowest BCUT2D eigenvalue weighted by atomic mass is 10.0. The molecule has 1 saturated heterocycles. The third-order valence-corrected chi connectivity index (χ3v) is 3.82. The van der Waals surface area contributed by atoms with E-state index in [1.165, 1.54) is 0 Å². The largest absolute Gasteiger partial charge is 0.382 e. The zero-order valence-electron chi connectivity index (χ0n) is 11.1. The monoisotopic (exact) mass is 257 g/mol. The number of fused-ring (bicyclic) bond motifs is 1. The number of rotatable bonds is 2. The van der Waals surface area contributed by atoms with Gasteiger partial charge in [-0.15, -0.1) is 0 Å². The van der Waals surface area contributed by atoms with E-state index in [-0.39, 0.29) is 5.56 Å². The van der Waals surface area contributed by atoms with Crippen LogP contribution in [0.5, 0.6) is 0 Å². The highest BCUT2D eigenvalue weighted by Crippen LogP contribution is 2.25. The van der Waals surface area contributed by atoms with Crippen LogP contribution in [-0.2, 0) is 0 Å². The summed E-state index contributed by atoms with van der Waals surface area (Å²) in [6.45, 7) is 4.15. The highest BCUT2D eigenvalue weighted by Gasteiger charge is 2.14. The summed E-state index contributed by atoms with van der Waals surface area (Å²) in [5, 5.41) is 8.77. The number of aromatic nitrogens is 1. The molecular formula is C15H19N3O. The Kier molecular flexibility index (Phi) is 3.25. The van der Waals surface area contributed by atoms with E-state index in [2.05, 4.69) is 21.7 Å². The first-order valence-electron chi connectivity index (χ1n) is 6.84. The van der Waals surface area contributed by atoms with E-state index in [1.807, 2.05) is 19.1 Å². The number of aryl methyl sites for hydroxylation is 1. The van der Waals surface area contributed by atoms with Gasteiger partial charge in [-0.05, 0) is 50.6 Å². The second-order valence-corrected chi connectivity index (χ2v) is 5.20. The van der Waals surface area contributed by atoms with Crippen LogP contribution in [0.15, 0.2) is 29.2 Å². The van der Waals surface area contributed by atoms with Crippen molar-refractivity contribution in [2.75, 3.05) is 18.4 Å². The van der Waals surface area contributed by atoms with Crippen molar-refractivity contribution < 1.29 is 0 Å². The van der Waals surface area contributed by atoms with Crippen molar-refractivity contribution in [2.24, 2.45) is 0 Å². The normalized spacial score (nSPS) is 16.7. The van der Waals surface area contributed by atoms with Gasteiger partial charge in [-0.2, -0.15) is 0 Å². The van der Waals surface area contributed by atoms with Gasteiger partial charge in [0.25, 0.3) is 5.56 Å². The molecule has 2 heterocycles. The fourth-order valence-electron chi connectivity index (χ4n) is 2.80. The molecule has 4 heteroatoms. The van der Waals surface area contributed by atoms with Crippen LogP contribution >= 0.6 is 0 Å². The molecule has 4 nitrogen and oxygen atoms in total. The van der Waals surface area contributed by atoms with E-state index in [4.69, 9.17) is 0 Å². The molecule has 0 spiro atoms. The van der Waals surface area contributed by atoms with Gasteiger partial charge < -0.3 is 15.6 Å². The van der Waals surface area contributed by atoms with Gasteiger partial charge in [0.15, 0.2) is 0 Å². The molecule has 0 atom stereocenters. The Morgan fingerprint density at radius 2 is 2.05 bits per heavy atom. The Labute approximate surface area is 112 Å². The molecule has 1 aliphatic heterocycles. The molecule has 1 aliphatic rings. The zero-order chi connectivity index (χ0) is 13.2. The van der Waals surface area contributed by atoms with Gasteiger partial charge in [0, 0.05) is 28.7 Å². The molecular weight excluding hydrogens is 238 g/mol. The number of hydrogen-bond acceptors (Lipinski definition) is 3. The van der Waals surface area contributed by atoms with Gasteiger partial charge in [0.1, 0.15) is 0 Å². The van der Waals surface area contributed by atoms with Crippen molar-refractivity contribution in [2.45, 2.75) is 25.8 Å². The number of nitrogens with one attached hydrogen (secondary N) is 3. The third-order valence-electron chi connectivity index (χ3n) is 3.82. The smallest absolute Gasteiger partial charge is 0.255 e. The molecule has 0 amide bonds. The fourth-order valence-corrected chi connectivity index (χ4v) is 2.80. The van der Waals surface area contributed by atoms with Crippen LogP contribution in [0.3, 0.4) is 0 Å². The van der Waals surface area contributed by atoms with E-state index in [0.29, 0.717) is 6.04 Å². The second kappa shape index (κ2) is 5.05. The van der Waals surface area contributed by atoms with Crippen LogP contribution in [-0.4, -0.2) is 24.1 Å². The first-order chi connectivity index (χ1) is 9.25. The third kappa shape index (κ3) is 2.36. The van der Waals surface area contributed by atoms with Crippen LogP contribution < -0.4 is 16.2 Å². The van der Waals surface area contributed by atoms with Gasteiger partial charge in [0.2, 0.25) is 0 Å². The van der Waals surface area contributed by atoms with Crippen molar-refractivity contribution >= 4 is 16.5 Å². The van der Waals surface area contributed by atoms with E-state index in [9.17, 15) is 4.79 Å². The number of anilines is 1. The molecule has 0 aliphatic carbocycles. The van der Waals surface area contributed by atoms with Crippen molar-refractivity contribution in [3.63, 3.8) is 0 Å². The summed E-state index contributed by atoms with van der Waals surface area (Å²) in [5.41, 5.74) is 2.16. The molecule has 19 heavy (non-hydrogen) atoms. The zero-order valence-corrected chi connectivity index (χ0v) is 11.1. The summed E-state index contributed by atoms with van der Waals surface area (Å²) in [5.74, 6) is 0. The lowest BCUT2D eigenvalue weighted by molar-refractivity contribution is 0.479. The Bertz CT molecular complexity index is 641. The van der Waals surface area contributed by atoms with Crippen LogP contribution in [0.25, 0.3) is 10.8 Å². The van der Waals surface area contributed by atoms with Gasteiger partial charge in [-0.25, -0.2) is 0 Å². The van der Waals surface area contributed by atoms with Crippen LogP contribution in [0.1, 0.15) is 18.4 Å². The maximum Gasteiger partial charge on any atom is 0.255 e. The SMILES string of the molecule is Cc1c[nH]c(=O)c2cccc(NC3CCNCC3)c12. The van der Waals surface area contributed by atoms with E-state index >= 15 is 0 Å². The Balaban J connectivity index is 2.03. The molecule has 0 radical (unpaired) electrons. The molecule has 2 aromatic rings.